The Bertz CT molecular complexity index is 750. The van der Waals surface area contributed by atoms with Gasteiger partial charge in [0.25, 0.3) is 0 Å². The van der Waals surface area contributed by atoms with Gasteiger partial charge in [-0.2, -0.15) is 0 Å². The van der Waals surface area contributed by atoms with Crippen molar-refractivity contribution in [3.05, 3.63) is 45.7 Å². The average molecular weight is 342 g/mol. The van der Waals surface area contributed by atoms with Gasteiger partial charge in [-0.15, -0.1) is 0 Å². The van der Waals surface area contributed by atoms with E-state index in [9.17, 15) is 4.79 Å². The number of aromatic nitrogens is 2. The van der Waals surface area contributed by atoms with Gasteiger partial charge in [-0.25, -0.2) is 4.98 Å². The summed E-state index contributed by atoms with van der Waals surface area (Å²) in [6.07, 6.45) is 2.62. The topological polar surface area (TPSA) is 34.9 Å². The van der Waals surface area contributed by atoms with Gasteiger partial charge in [0.1, 0.15) is 5.52 Å². The lowest BCUT2D eigenvalue weighted by molar-refractivity contribution is 0.111. The number of rotatable bonds is 2. The summed E-state index contributed by atoms with van der Waals surface area (Å²) in [6, 6.07) is 7.33. The SMILES string of the molecule is O=Cc1cccn1-c1nc2c(Cl)cc(Br)cc2s1. The van der Waals surface area contributed by atoms with Crippen LogP contribution in [0.3, 0.4) is 0 Å². The number of halogens is 2. The van der Waals surface area contributed by atoms with E-state index in [0.717, 1.165) is 26.1 Å². The van der Waals surface area contributed by atoms with E-state index in [-0.39, 0.29) is 0 Å². The minimum Gasteiger partial charge on any atom is -0.296 e. The molecule has 3 nitrogen and oxygen atoms in total. The van der Waals surface area contributed by atoms with Gasteiger partial charge in [0.15, 0.2) is 11.4 Å². The highest BCUT2D eigenvalue weighted by molar-refractivity contribution is 9.10. The summed E-state index contributed by atoms with van der Waals surface area (Å²) in [6.45, 7) is 0. The number of carbonyl (C=O) groups is 1. The molecule has 0 saturated heterocycles. The molecule has 6 heteroatoms. The van der Waals surface area contributed by atoms with Gasteiger partial charge in [-0.3, -0.25) is 9.36 Å². The Balaban J connectivity index is 2.25. The second-order valence-corrected chi connectivity index (χ2v) is 5.98. The molecule has 90 valence electrons. The highest BCUT2D eigenvalue weighted by Crippen LogP contribution is 2.33. The molecule has 0 radical (unpaired) electrons. The van der Waals surface area contributed by atoms with Gasteiger partial charge in [0, 0.05) is 10.7 Å². The summed E-state index contributed by atoms with van der Waals surface area (Å²) in [7, 11) is 0. The Morgan fingerprint density at radius 1 is 1.44 bits per heavy atom. The van der Waals surface area contributed by atoms with E-state index in [1.165, 1.54) is 11.3 Å². The van der Waals surface area contributed by atoms with Gasteiger partial charge < -0.3 is 0 Å². The molecule has 0 atom stereocenters. The van der Waals surface area contributed by atoms with E-state index in [0.29, 0.717) is 10.7 Å². The Labute approximate surface area is 120 Å². The highest BCUT2D eigenvalue weighted by Gasteiger charge is 2.11. The third-order valence-corrected chi connectivity index (χ3v) is 4.26. The molecule has 0 amide bonds. The molecule has 0 unspecified atom stereocenters. The quantitative estimate of drug-likeness (QED) is 0.651. The molecule has 0 fully saturated rings. The zero-order valence-corrected chi connectivity index (χ0v) is 12.1. The summed E-state index contributed by atoms with van der Waals surface area (Å²) >= 11 is 11.0. The summed E-state index contributed by atoms with van der Waals surface area (Å²) in [5, 5.41) is 1.33. The molecule has 0 aliphatic rings. The molecule has 0 spiro atoms. The van der Waals surface area contributed by atoms with Crippen LogP contribution in [0.15, 0.2) is 34.9 Å². The lowest BCUT2D eigenvalue weighted by Crippen LogP contribution is -1.95. The van der Waals surface area contributed by atoms with Crippen LogP contribution in [-0.2, 0) is 0 Å². The van der Waals surface area contributed by atoms with E-state index in [4.69, 9.17) is 11.6 Å². The number of aldehydes is 1. The second-order valence-electron chi connectivity index (χ2n) is 3.65. The van der Waals surface area contributed by atoms with Crippen molar-refractivity contribution in [3.8, 4) is 5.13 Å². The van der Waals surface area contributed by atoms with E-state index in [2.05, 4.69) is 20.9 Å². The van der Waals surface area contributed by atoms with E-state index < -0.39 is 0 Å². The normalized spacial score (nSPS) is 11.0. The maximum absolute atomic E-state index is 10.9. The van der Waals surface area contributed by atoms with Crippen molar-refractivity contribution in [2.24, 2.45) is 0 Å². The van der Waals surface area contributed by atoms with Crippen LogP contribution in [0, 0.1) is 0 Å². The molecular weight excluding hydrogens is 336 g/mol. The third-order valence-electron chi connectivity index (χ3n) is 2.51. The minimum atomic E-state index is 0.573. The summed E-state index contributed by atoms with van der Waals surface area (Å²) < 4.78 is 3.65. The second kappa shape index (κ2) is 4.50. The number of thiazole rings is 1. The Morgan fingerprint density at radius 3 is 3.06 bits per heavy atom. The van der Waals surface area contributed by atoms with Crippen LogP contribution in [0.5, 0.6) is 0 Å². The van der Waals surface area contributed by atoms with Crippen molar-refractivity contribution in [3.63, 3.8) is 0 Å². The molecule has 0 aliphatic carbocycles. The maximum atomic E-state index is 10.9. The lowest BCUT2D eigenvalue weighted by Gasteiger charge is -1.97. The molecule has 3 rings (SSSR count). The van der Waals surface area contributed by atoms with E-state index in [1.807, 2.05) is 24.4 Å². The number of benzene rings is 1. The predicted octanol–water partition coefficient (Wildman–Crippen LogP) is 4.32. The average Bonchev–Trinajstić information content (AvgIpc) is 2.92. The Morgan fingerprint density at radius 2 is 2.28 bits per heavy atom. The fourth-order valence-electron chi connectivity index (χ4n) is 1.71. The smallest absolute Gasteiger partial charge is 0.195 e. The van der Waals surface area contributed by atoms with Crippen LogP contribution in [0.25, 0.3) is 15.3 Å². The number of hydrogen-bond donors (Lipinski definition) is 0. The molecule has 0 bridgehead atoms. The number of fused-ring (bicyclic) bond motifs is 1. The first-order valence-electron chi connectivity index (χ1n) is 5.07. The van der Waals surface area contributed by atoms with Crippen molar-refractivity contribution < 1.29 is 4.79 Å². The number of carbonyl (C=O) groups excluding carboxylic acids is 1. The van der Waals surface area contributed by atoms with Gasteiger partial charge >= 0.3 is 0 Å². The summed E-state index contributed by atoms with van der Waals surface area (Å²) in [5.74, 6) is 0. The number of nitrogens with zero attached hydrogens (tertiary/aromatic N) is 2. The van der Waals surface area contributed by atoms with Gasteiger partial charge in [0.05, 0.1) is 15.4 Å². The van der Waals surface area contributed by atoms with Crippen LogP contribution < -0.4 is 0 Å². The first-order valence-corrected chi connectivity index (χ1v) is 7.06. The summed E-state index contributed by atoms with van der Waals surface area (Å²) in [4.78, 5) is 15.4. The van der Waals surface area contributed by atoms with Crippen LogP contribution in [0.4, 0.5) is 0 Å². The molecule has 0 saturated carbocycles. The maximum Gasteiger partial charge on any atom is 0.195 e. The molecule has 18 heavy (non-hydrogen) atoms. The summed E-state index contributed by atoms with van der Waals surface area (Å²) in [5.41, 5.74) is 1.33. The first-order chi connectivity index (χ1) is 8.69. The fraction of sp³-hybridized carbons (Fsp3) is 0. The fourth-order valence-corrected chi connectivity index (χ4v) is 3.81. The van der Waals surface area contributed by atoms with Crippen LogP contribution in [0.2, 0.25) is 5.02 Å². The van der Waals surface area contributed by atoms with Gasteiger partial charge in [0.2, 0.25) is 0 Å². The van der Waals surface area contributed by atoms with Crippen LogP contribution in [-0.4, -0.2) is 15.8 Å². The zero-order valence-electron chi connectivity index (χ0n) is 8.93. The largest absolute Gasteiger partial charge is 0.296 e. The van der Waals surface area contributed by atoms with Crippen molar-refractivity contribution in [1.29, 1.82) is 0 Å². The van der Waals surface area contributed by atoms with Crippen molar-refractivity contribution in [1.82, 2.24) is 9.55 Å². The Kier molecular flexibility index (Phi) is 2.97. The molecule has 0 N–H and O–H groups in total. The number of hydrogen-bond acceptors (Lipinski definition) is 3. The van der Waals surface area contributed by atoms with E-state index in [1.54, 1.807) is 10.6 Å². The first kappa shape index (κ1) is 11.9. The molecule has 2 heterocycles. The molecule has 2 aromatic heterocycles. The minimum absolute atomic E-state index is 0.573. The zero-order chi connectivity index (χ0) is 12.7. The molecule has 0 aliphatic heterocycles. The molecular formula is C12H6BrClN2OS. The van der Waals surface area contributed by atoms with Crippen molar-refractivity contribution >= 4 is 55.4 Å². The predicted molar refractivity (Wildman–Crippen MR) is 77.0 cm³/mol. The van der Waals surface area contributed by atoms with Crippen molar-refractivity contribution in [2.45, 2.75) is 0 Å². The van der Waals surface area contributed by atoms with Crippen LogP contribution >= 0.6 is 38.9 Å². The van der Waals surface area contributed by atoms with Crippen molar-refractivity contribution in [2.75, 3.05) is 0 Å². The standard InChI is InChI=1S/C12H6BrClN2OS/c13-7-4-9(14)11-10(5-7)18-12(15-11)16-3-1-2-8(16)6-17/h1-6H. The molecule has 1 aromatic carbocycles. The Hall–Kier alpha value is -1.17. The molecule has 3 aromatic rings. The third kappa shape index (κ3) is 1.88. The van der Waals surface area contributed by atoms with Gasteiger partial charge in [-0.05, 0) is 24.3 Å². The van der Waals surface area contributed by atoms with Crippen LogP contribution in [0.1, 0.15) is 10.5 Å². The monoisotopic (exact) mass is 340 g/mol. The lowest BCUT2D eigenvalue weighted by atomic mass is 10.3. The van der Waals surface area contributed by atoms with E-state index >= 15 is 0 Å². The van der Waals surface area contributed by atoms with Gasteiger partial charge in [-0.1, -0.05) is 38.9 Å². The highest BCUT2D eigenvalue weighted by atomic mass is 79.9.